The van der Waals surface area contributed by atoms with Crippen LogP contribution in [0.5, 0.6) is 0 Å². The van der Waals surface area contributed by atoms with E-state index in [9.17, 15) is 4.79 Å². The van der Waals surface area contributed by atoms with E-state index in [4.69, 9.17) is 4.52 Å². The van der Waals surface area contributed by atoms with Crippen molar-refractivity contribution in [3.8, 4) is 5.69 Å². The van der Waals surface area contributed by atoms with E-state index in [0.717, 1.165) is 11.3 Å². The van der Waals surface area contributed by atoms with E-state index in [0.29, 0.717) is 23.9 Å². The Morgan fingerprint density at radius 3 is 3.00 bits per heavy atom. The molecule has 0 bridgehead atoms. The number of tetrazole rings is 1. The van der Waals surface area contributed by atoms with E-state index in [2.05, 4.69) is 25.7 Å². The zero-order chi connectivity index (χ0) is 18.5. The number of aryl methyl sites for hydroxylation is 1. The highest BCUT2D eigenvalue weighted by molar-refractivity contribution is 8.00. The summed E-state index contributed by atoms with van der Waals surface area (Å²) in [6, 6.07) is 7.87. The molecule has 2 heterocycles. The molecule has 10 heteroatoms. The Kier molecular flexibility index (Phi) is 5.61. The molecule has 0 saturated heterocycles. The summed E-state index contributed by atoms with van der Waals surface area (Å²) >= 11 is 1.32. The normalized spacial score (nSPS) is 12.1. The highest BCUT2D eigenvalue weighted by atomic mass is 32.2. The molecular formula is C16H19N7O2S. The molecule has 1 amide bonds. The molecule has 0 spiro atoms. The van der Waals surface area contributed by atoms with Crippen molar-refractivity contribution in [2.24, 2.45) is 0 Å². The van der Waals surface area contributed by atoms with Crippen molar-refractivity contribution in [1.82, 2.24) is 35.2 Å². The van der Waals surface area contributed by atoms with Crippen LogP contribution in [0.4, 0.5) is 0 Å². The maximum atomic E-state index is 12.6. The molecule has 26 heavy (non-hydrogen) atoms. The fourth-order valence-corrected chi connectivity index (χ4v) is 3.30. The number of amides is 1. The van der Waals surface area contributed by atoms with E-state index >= 15 is 0 Å². The summed E-state index contributed by atoms with van der Waals surface area (Å²) < 4.78 is 6.33. The summed E-state index contributed by atoms with van der Waals surface area (Å²) in [5.74, 6) is 0.561. The summed E-state index contributed by atoms with van der Waals surface area (Å²) in [5, 5.41) is 15.8. The number of nitrogens with zero attached hydrogens (tertiary/aromatic N) is 7. The Labute approximate surface area is 154 Å². The summed E-state index contributed by atoms with van der Waals surface area (Å²) in [7, 11) is 1.75. The Bertz CT molecular complexity index is 865. The summed E-state index contributed by atoms with van der Waals surface area (Å²) in [4.78, 5) is 18.2. The van der Waals surface area contributed by atoms with Crippen LogP contribution in [-0.2, 0) is 11.2 Å². The first kappa shape index (κ1) is 18.1. The second-order valence-corrected chi connectivity index (χ2v) is 7.14. The molecule has 1 aromatic carbocycles. The minimum atomic E-state index is -0.333. The summed E-state index contributed by atoms with van der Waals surface area (Å²) in [6.07, 6.45) is 1.82. The number of hydrogen-bond donors (Lipinski definition) is 0. The second-order valence-electron chi connectivity index (χ2n) is 5.83. The molecule has 2 aromatic heterocycles. The Balaban J connectivity index is 1.63. The van der Waals surface area contributed by atoms with Gasteiger partial charge < -0.3 is 9.42 Å². The molecule has 0 N–H and O–H groups in total. The largest absolute Gasteiger partial charge is 0.344 e. The van der Waals surface area contributed by atoms with Gasteiger partial charge in [0.15, 0.2) is 5.82 Å². The van der Waals surface area contributed by atoms with Gasteiger partial charge in [-0.15, -0.1) is 5.10 Å². The van der Waals surface area contributed by atoms with Crippen LogP contribution in [0.2, 0.25) is 0 Å². The number of carbonyl (C=O) groups is 1. The molecule has 0 aliphatic heterocycles. The molecule has 3 rings (SSSR count). The third kappa shape index (κ3) is 4.26. The Morgan fingerprint density at radius 1 is 1.42 bits per heavy atom. The smallest absolute Gasteiger partial charge is 0.235 e. The van der Waals surface area contributed by atoms with Crippen molar-refractivity contribution in [3.63, 3.8) is 0 Å². The fraction of sp³-hybridized carbons (Fsp3) is 0.375. The topological polar surface area (TPSA) is 103 Å². The van der Waals surface area contributed by atoms with Crippen LogP contribution >= 0.6 is 11.8 Å². The van der Waals surface area contributed by atoms with Crippen molar-refractivity contribution >= 4 is 17.7 Å². The number of rotatable bonds is 7. The lowest BCUT2D eigenvalue weighted by Gasteiger charge is -2.20. The third-order valence-corrected chi connectivity index (χ3v) is 4.79. The number of aromatic nitrogens is 6. The van der Waals surface area contributed by atoms with Gasteiger partial charge in [0.1, 0.15) is 0 Å². The summed E-state index contributed by atoms with van der Waals surface area (Å²) in [6.45, 7) is 4.35. The SMILES string of the molecule is Cc1cccc(-n2nnnc2S[C@H](C)C(=O)N(C)CCc2ncon2)c1. The van der Waals surface area contributed by atoms with E-state index in [1.165, 1.54) is 18.2 Å². The first-order valence-corrected chi connectivity index (χ1v) is 8.95. The highest BCUT2D eigenvalue weighted by Gasteiger charge is 2.22. The lowest BCUT2D eigenvalue weighted by atomic mass is 10.2. The van der Waals surface area contributed by atoms with Gasteiger partial charge >= 0.3 is 0 Å². The van der Waals surface area contributed by atoms with Gasteiger partial charge in [0.25, 0.3) is 0 Å². The van der Waals surface area contributed by atoms with Gasteiger partial charge in [0.05, 0.1) is 10.9 Å². The molecule has 0 fully saturated rings. The van der Waals surface area contributed by atoms with Crippen LogP contribution in [0.25, 0.3) is 5.69 Å². The zero-order valence-electron chi connectivity index (χ0n) is 14.7. The molecule has 0 saturated carbocycles. The van der Waals surface area contributed by atoms with Gasteiger partial charge in [-0.25, -0.2) is 0 Å². The monoisotopic (exact) mass is 373 g/mol. The van der Waals surface area contributed by atoms with Crippen molar-refractivity contribution in [1.29, 1.82) is 0 Å². The predicted molar refractivity (Wildman–Crippen MR) is 94.8 cm³/mol. The van der Waals surface area contributed by atoms with E-state index < -0.39 is 0 Å². The molecule has 136 valence electrons. The minimum Gasteiger partial charge on any atom is -0.344 e. The van der Waals surface area contributed by atoms with Crippen molar-refractivity contribution in [2.75, 3.05) is 13.6 Å². The second kappa shape index (κ2) is 8.09. The predicted octanol–water partition coefficient (Wildman–Crippen LogP) is 1.54. The average Bonchev–Trinajstić information content (AvgIpc) is 3.30. The van der Waals surface area contributed by atoms with Crippen LogP contribution in [0.15, 0.2) is 40.3 Å². The van der Waals surface area contributed by atoms with Gasteiger partial charge in [-0.1, -0.05) is 29.1 Å². The summed E-state index contributed by atoms with van der Waals surface area (Å²) in [5.41, 5.74) is 1.97. The van der Waals surface area contributed by atoms with Crippen molar-refractivity contribution < 1.29 is 9.32 Å². The lowest BCUT2D eigenvalue weighted by molar-refractivity contribution is -0.129. The van der Waals surface area contributed by atoms with Crippen LogP contribution in [0.3, 0.4) is 0 Å². The Hall–Kier alpha value is -2.75. The van der Waals surface area contributed by atoms with E-state index in [1.807, 2.05) is 38.1 Å². The van der Waals surface area contributed by atoms with Gasteiger partial charge in [-0.3, -0.25) is 4.79 Å². The molecule has 9 nitrogen and oxygen atoms in total. The maximum Gasteiger partial charge on any atom is 0.235 e. The van der Waals surface area contributed by atoms with Gasteiger partial charge in [-0.05, 0) is 42.0 Å². The molecule has 1 atom stereocenters. The molecule has 0 aliphatic rings. The molecular weight excluding hydrogens is 354 g/mol. The van der Waals surface area contributed by atoms with Gasteiger partial charge in [0.2, 0.25) is 17.5 Å². The minimum absolute atomic E-state index is 0.0164. The highest BCUT2D eigenvalue weighted by Crippen LogP contribution is 2.24. The first-order chi connectivity index (χ1) is 12.5. The average molecular weight is 373 g/mol. The van der Waals surface area contributed by atoms with E-state index in [1.54, 1.807) is 16.6 Å². The molecule has 3 aromatic rings. The maximum absolute atomic E-state index is 12.6. The number of thioether (sulfide) groups is 1. The fourth-order valence-electron chi connectivity index (χ4n) is 2.37. The zero-order valence-corrected chi connectivity index (χ0v) is 15.6. The number of benzene rings is 1. The van der Waals surface area contributed by atoms with Crippen LogP contribution in [0, 0.1) is 6.92 Å². The van der Waals surface area contributed by atoms with E-state index in [-0.39, 0.29) is 11.2 Å². The number of hydrogen-bond acceptors (Lipinski definition) is 8. The third-order valence-electron chi connectivity index (χ3n) is 3.77. The van der Waals surface area contributed by atoms with Crippen LogP contribution in [-0.4, -0.2) is 60.0 Å². The van der Waals surface area contributed by atoms with Crippen molar-refractivity contribution in [2.45, 2.75) is 30.7 Å². The van der Waals surface area contributed by atoms with Gasteiger partial charge in [-0.2, -0.15) is 9.67 Å². The van der Waals surface area contributed by atoms with Crippen molar-refractivity contribution in [3.05, 3.63) is 42.0 Å². The molecule has 0 aliphatic carbocycles. The number of carbonyl (C=O) groups excluding carboxylic acids is 1. The van der Waals surface area contributed by atoms with Gasteiger partial charge in [0, 0.05) is 20.0 Å². The van der Waals surface area contributed by atoms with Crippen LogP contribution in [0.1, 0.15) is 18.3 Å². The first-order valence-electron chi connectivity index (χ1n) is 8.07. The standard InChI is InChI=1S/C16H19N7O2S/c1-11-5-4-6-13(9-11)23-16(18-20-21-23)26-12(2)15(24)22(3)8-7-14-17-10-25-19-14/h4-6,9-10,12H,7-8H2,1-3H3/t12-/m1/s1. The quantitative estimate of drug-likeness (QED) is 0.575. The number of likely N-dealkylation sites (N-methyl/N-ethyl adjacent to an activating group) is 1. The molecule has 0 unspecified atom stereocenters. The molecule has 0 radical (unpaired) electrons. The Morgan fingerprint density at radius 2 is 2.27 bits per heavy atom. The lowest BCUT2D eigenvalue weighted by Crippen LogP contribution is -2.35. The van der Waals surface area contributed by atoms with Crippen LogP contribution < -0.4 is 0 Å².